The van der Waals surface area contributed by atoms with Crippen LogP contribution in [-0.2, 0) is 13.0 Å². The van der Waals surface area contributed by atoms with E-state index in [2.05, 4.69) is 0 Å². The summed E-state index contributed by atoms with van der Waals surface area (Å²) in [5, 5.41) is 1.06. The zero-order valence-corrected chi connectivity index (χ0v) is 14.8. The maximum Gasteiger partial charge on any atom is 0.254 e. The molecule has 2 aromatic rings. The molecule has 124 valence electrons. The number of benzene rings is 2. The topological polar surface area (TPSA) is 63.4 Å². The van der Waals surface area contributed by atoms with Gasteiger partial charge in [-0.25, -0.2) is 0 Å². The van der Waals surface area contributed by atoms with Crippen LogP contribution in [0.5, 0.6) is 0 Å². The van der Waals surface area contributed by atoms with Gasteiger partial charge in [-0.15, -0.1) is 0 Å². The SMILES string of the molecule is NC(=O)c1c(Cl)cc2c(c1Cl)CCN(C(=O)c1ccc(Cl)cc1)C2. The fraction of sp³-hybridized carbons (Fsp3) is 0.176. The molecule has 0 saturated carbocycles. The Labute approximate surface area is 154 Å². The number of carbonyl (C=O) groups excluding carboxylic acids is 2. The number of rotatable bonds is 2. The zero-order valence-electron chi connectivity index (χ0n) is 12.5. The highest BCUT2D eigenvalue weighted by atomic mass is 35.5. The van der Waals surface area contributed by atoms with Crippen LogP contribution in [0.4, 0.5) is 0 Å². The van der Waals surface area contributed by atoms with Gasteiger partial charge < -0.3 is 10.6 Å². The maximum atomic E-state index is 12.6. The van der Waals surface area contributed by atoms with E-state index in [0.29, 0.717) is 30.1 Å². The number of halogens is 3. The molecule has 0 aliphatic carbocycles. The summed E-state index contributed by atoms with van der Waals surface area (Å²) in [4.78, 5) is 25.8. The molecule has 1 heterocycles. The summed E-state index contributed by atoms with van der Waals surface area (Å²) in [5.41, 5.74) is 7.66. The van der Waals surface area contributed by atoms with Crippen molar-refractivity contribution < 1.29 is 9.59 Å². The number of nitrogens with zero attached hydrogens (tertiary/aromatic N) is 1. The second-order valence-corrected chi connectivity index (χ2v) is 6.75. The number of amides is 2. The Morgan fingerprint density at radius 1 is 1.08 bits per heavy atom. The van der Waals surface area contributed by atoms with Crippen molar-refractivity contribution in [3.8, 4) is 0 Å². The third-order valence-electron chi connectivity index (χ3n) is 4.03. The first-order chi connectivity index (χ1) is 11.4. The monoisotopic (exact) mass is 382 g/mol. The summed E-state index contributed by atoms with van der Waals surface area (Å²) in [5.74, 6) is -0.754. The molecule has 0 bridgehead atoms. The molecule has 2 amide bonds. The molecule has 1 aliphatic rings. The predicted molar refractivity (Wildman–Crippen MR) is 94.9 cm³/mol. The predicted octanol–water partition coefficient (Wildman–Crippen LogP) is 3.94. The molecule has 0 atom stereocenters. The van der Waals surface area contributed by atoms with Crippen LogP contribution in [0.15, 0.2) is 30.3 Å². The number of carbonyl (C=O) groups is 2. The standard InChI is InChI=1S/C17H13Cl3N2O2/c18-11-3-1-9(2-4-11)17(24)22-6-5-12-10(8-22)7-13(19)14(15(12)20)16(21)23/h1-4,7H,5-6,8H2,(H2,21,23). The third kappa shape index (κ3) is 3.09. The molecular formula is C17H13Cl3N2O2. The minimum absolute atomic E-state index is 0.0939. The quantitative estimate of drug-likeness (QED) is 0.853. The highest BCUT2D eigenvalue weighted by Crippen LogP contribution is 2.34. The molecule has 0 fully saturated rings. The van der Waals surface area contributed by atoms with Crippen molar-refractivity contribution in [1.82, 2.24) is 4.90 Å². The Balaban J connectivity index is 1.91. The first kappa shape index (κ1) is 17.1. The second-order valence-electron chi connectivity index (χ2n) is 5.53. The van der Waals surface area contributed by atoms with Gasteiger partial charge in [0.05, 0.1) is 15.6 Å². The third-order valence-corrected chi connectivity index (χ3v) is 5.00. The van der Waals surface area contributed by atoms with Crippen LogP contribution in [0.1, 0.15) is 31.8 Å². The molecule has 7 heteroatoms. The highest BCUT2D eigenvalue weighted by molar-refractivity contribution is 6.40. The van der Waals surface area contributed by atoms with Crippen LogP contribution < -0.4 is 5.73 Å². The number of hydrogen-bond donors (Lipinski definition) is 1. The lowest BCUT2D eigenvalue weighted by Gasteiger charge is -2.30. The Morgan fingerprint density at radius 2 is 1.75 bits per heavy atom. The molecule has 0 radical (unpaired) electrons. The summed E-state index contributed by atoms with van der Waals surface area (Å²) >= 11 is 18.3. The lowest BCUT2D eigenvalue weighted by Crippen LogP contribution is -2.36. The van der Waals surface area contributed by atoms with E-state index in [1.54, 1.807) is 35.2 Å². The van der Waals surface area contributed by atoms with Gasteiger partial charge in [0.1, 0.15) is 0 Å². The van der Waals surface area contributed by atoms with Gasteiger partial charge in [-0.1, -0.05) is 34.8 Å². The van der Waals surface area contributed by atoms with Crippen LogP contribution in [0, 0.1) is 0 Å². The maximum absolute atomic E-state index is 12.6. The summed E-state index contributed by atoms with van der Waals surface area (Å²) < 4.78 is 0. The number of nitrogens with two attached hydrogens (primary N) is 1. The van der Waals surface area contributed by atoms with Crippen LogP contribution in [0.3, 0.4) is 0 Å². The van der Waals surface area contributed by atoms with Gasteiger partial charge in [0.15, 0.2) is 0 Å². The van der Waals surface area contributed by atoms with Crippen molar-refractivity contribution in [3.05, 3.63) is 67.7 Å². The van der Waals surface area contributed by atoms with Gasteiger partial charge in [-0.05, 0) is 47.9 Å². The normalized spacial score (nSPS) is 13.5. The zero-order chi connectivity index (χ0) is 17.4. The minimum Gasteiger partial charge on any atom is -0.366 e. The van der Waals surface area contributed by atoms with Crippen LogP contribution >= 0.6 is 34.8 Å². The molecule has 1 aliphatic heterocycles. The van der Waals surface area contributed by atoms with Crippen LogP contribution in [0.25, 0.3) is 0 Å². The van der Waals surface area contributed by atoms with E-state index < -0.39 is 5.91 Å². The average Bonchev–Trinajstić information content (AvgIpc) is 2.54. The lowest BCUT2D eigenvalue weighted by atomic mass is 9.96. The molecule has 0 spiro atoms. The lowest BCUT2D eigenvalue weighted by molar-refractivity contribution is 0.0734. The van der Waals surface area contributed by atoms with Gasteiger partial charge in [-0.3, -0.25) is 9.59 Å². The molecule has 0 aromatic heterocycles. The van der Waals surface area contributed by atoms with E-state index in [1.807, 2.05) is 0 Å². The Morgan fingerprint density at radius 3 is 2.38 bits per heavy atom. The van der Waals surface area contributed by atoms with Crippen LogP contribution in [0.2, 0.25) is 15.1 Å². The van der Waals surface area contributed by atoms with Gasteiger partial charge in [0.2, 0.25) is 0 Å². The van der Waals surface area contributed by atoms with Crippen molar-refractivity contribution in [3.63, 3.8) is 0 Å². The summed E-state index contributed by atoms with van der Waals surface area (Å²) in [7, 11) is 0. The molecule has 0 unspecified atom stereocenters. The first-order valence-corrected chi connectivity index (χ1v) is 8.36. The van der Waals surface area contributed by atoms with E-state index in [4.69, 9.17) is 40.5 Å². The van der Waals surface area contributed by atoms with Gasteiger partial charge in [0, 0.05) is 23.7 Å². The fourth-order valence-corrected chi connectivity index (χ4v) is 3.73. The van der Waals surface area contributed by atoms with E-state index in [0.717, 1.165) is 11.1 Å². The van der Waals surface area contributed by atoms with E-state index in [1.165, 1.54) is 0 Å². The van der Waals surface area contributed by atoms with Crippen LogP contribution in [-0.4, -0.2) is 23.3 Å². The van der Waals surface area contributed by atoms with Crippen molar-refractivity contribution in [2.45, 2.75) is 13.0 Å². The van der Waals surface area contributed by atoms with Gasteiger partial charge >= 0.3 is 0 Å². The van der Waals surface area contributed by atoms with E-state index >= 15 is 0 Å². The molecule has 3 rings (SSSR count). The van der Waals surface area contributed by atoms with E-state index in [-0.39, 0.29) is 21.5 Å². The van der Waals surface area contributed by atoms with Crippen molar-refractivity contribution in [1.29, 1.82) is 0 Å². The van der Waals surface area contributed by atoms with E-state index in [9.17, 15) is 9.59 Å². The number of hydrogen-bond acceptors (Lipinski definition) is 2. The summed E-state index contributed by atoms with van der Waals surface area (Å²) in [6.07, 6.45) is 0.533. The smallest absolute Gasteiger partial charge is 0.254 e. The molecule has 2 N–H and O–H groups in total. The number of fused-ring (bicyclic) bond motifs is 1. The van der Waals surface area contributed by atoms with Gasteiger partial charge in [0.25, 0.3) is 11.8 Å². The number of primary amides is 1. The molecular weight excluding hydrogens is 371 g/mol. The highest BCUT2D eigenvalue weighted by Gasteiger charge is 2.26. The Hall–Kier alpha value is -1.75. The first-order valence-electron chi connectivity index (χ1n) is 7.23. The molecule has 2 aromatic carbocycles. The Kier molecular flexibility index (Phi) is 4.72. The van der Waals surface area contributed by atoms with Crippen molar-refractivity contribution in [2.75, 3.05) is 6.54 Å². The second kappa shape index (κ2) is 6.63. The molecule has 4 nitrogen and oxygen atoms in total. The summed E-state index contributed by atoms with van der Waals surface area (Å²) in [6.45, 7) is 0.864. The van der Waals surface area contributed by atoms with Gasteiger partial charge in [-0.2, -0.15) is 0 Å². The minimum atomic E-state index is -0.660. The van der Waals surface area contributed by atoms with Crippen molar-refractivity contribution in [2.24, 2.45) is 5.73 Å². The van der Waals surface area contributed by atoms with Crippen molar-refractivity contribution >= 4 is 46.6 Å². The molecule has 0 saturated heterocycles. The largest absolute Gasteiger partial charge is 0.366 e. The average molecular weight is 384 g/mol. The molecule has 24 heavy (non-hydrogen) atoms. The Bertz CT molecular complexity index is 835. The fourth-order valence-electron chi connectivity index (χ4n) is 2.83. The summed E-state index contributed by atoms with van der Waals surface area (Å²) in [6, 6.07) is 8.40.